The summed E-state index contributed by atoms with van der Waals surface area (Å²) >= 11 is 0. The van der Waals surface area contributed by atoms with Crippen molar-refractivity contribution in [3.05, 3.63) is 168 Å². The summed E-state index contributed by atoms with van der Waals surface area (Å²) in [5.74, 6) is 0.343. The number of para-hydroxylation sites is 2. The van der Waals surface area contributed by atoms with E-state index in [2.05, 4.69) is 161 Å². The molecule has 0 spiro atoms. The molecule has 0 amide bonds. The van der Waals surface area contributed by atoms with E-state index in [0.29, 0.717) is 11.5 Å². The summed E-state index contributed by atoms with van der Waals surface area (Å²) in [6.07, 6.45) is 15.5. The average molecular weight is 590 g/mol. The van der Waals surface area contributed by atoms with Gasteiger partial charge in [0, 0.05) is 39.5 Å². The van der Waals surface area contributed by atoms with Gasteiger partial charge in [-0.1, -0.05) is 115 Å². The van der Waals surface area contributed by atoms with Gasteiger partial charge >= 0.3 is 0 Å². The first-order chi connectivity index (χ1) is 22.8. The summed E-state index contributed by atoms with van der Waals surface area (Å²) in [6.45, 7) is 0. The van der Waals surface area contributed by atoms with Crippen LogP contribution in [0.1, 0.15) is 34.7 Å². The molecule has 46 heavy (non-hydrogen) atoms. The van der Waals surface area contributed by atoms with Crippen LogP contribution in [0.15, 0.2) is 146 Å². The molecule has 3 heteroatoms. The van der Waals surface area contributed by atoms with Crippen molar-refractivity contribution < 1.29 is 0 Å². The number of aromatic nitrogens is 1. The summed E-state index contributed by atoms with van der Waals surface area (Å²) in [5, 5.41) is 11.3. The Morgan fingerprint density at radius 1 is 0.696 bits per heavy atom. The normalized spacial score (nSPS) is 17.5. The molecular formula is C43H31N3. The number of allylic oxidation sites excluding steroid dienone is 3. The number of nitriles is 1. The number of anilines is 2. The number of rotatable bonds is 4. The van der Waals surface area contributed by atoms with Crippen LogP contribution in [-0.4, -0.2) is 10.6 Å². The molecule has 218 valence electrons. The summed E-state index contributed by atoms with van der Waals surface area (Å²) in [7, 11) is 0. The highest BCUT2D eigenvalue weighted by Gasteiger charge is 2.37. The highest BCUT2D eigenvalue weighted by molar-refractivity contribution is 5.96. The number of fused-ring (bicyclic) bond motifs is 6. The van der Waals surface area contributed by atoms with Gasteiger partial charge < -0.3 is 9.47 Å². The van der Waals surface area contributed by atoms with E-state index < -0.39 is 0 Å². The van der Waals surface area contributed by atoms with E-state index >= 15 is 0 Å². The average Bonchev–Trinajstić information content (AvgIpc) is 3.65. The molecule has 2 heterocycles. The highest BCUT2D eigenvalue weighted by Crippen LogP contribution is 2.48. The molecule has 5 aromatic carbocycles. The van der Waals surface area contributed by atoms with Crippen molar-refractivity contribution in [2.24, 2.45) is 0 Å². The second-order valence-electron chi connectivity index (χ2n) is 12.3. The molecule has 1 aliphatic heterocycles. The van der Waals surface area contributed by atoms with Crippen LogP contribution in [0.3, 0.4) is 0 Å². The fraction of sp³-hybridized carbons (Fsp3) is 0.0930. The van der Waals surface area contributed by atoms with Crippen molar-refractivity contribution in [1.82, 2.24) is 4.57 Å². The minimum atomic E-state index is 0.250. The minimum Gasteiger partial charge on any atom is -0.333 e. The largest absolute Gasteiger partial charge is 0.333 e. The van der Waals surface area contributed by atoms with E-state index in [-0.39, 0.29) is 6.04 Å². The van der Waals surface area contributed by atoms with Crippen molar-refractivity contribution in [1.29, 1.82) is 5.26 Å². The Kier molecular flexibility index (Phi) is 6.14. The summed E-state index contributed by atoms with van der Waals surface area (Å²) in [5.41, 5.74) is 13.9. The molecule has 0 saturated carbocycles. The van der Waals surface area contributed by atoms with Crippen molar-refractivity contribution >= 4 is 28.4 Å². The maximum Gasteiger partial charge on any atom is 0.0992 e. The standard InChI is InChI=1S/C43H31N3/c44-28-29-24-25-38(43(26-29)46-41-22-9-5-18-36(41)37-19-6-10-23-42(37)46)33-15-2-1-14-32(33)30-12-11-13-31(27-30)45-39-20-7-3-16-34(39)35-17-4-8-21-40(35)45/h1-9,11-22,24-27,34,39H,10,23H2. The Balaban J connectivity index is 1.22. The zero-order valence-corrected chi connectivity index (χ0v) is 25.3. The van der Waals surface area contributed by atoms with Gasteiger partial charge in [0.25, 0.3) is 0 Å². The quantitative estimate of drug-likeness (QED) is 0.205. The van der Waals surface area contributed by atoms with E-state index in [0.717, 1.165) is 29.7 Å². The molecule has 1 aromatic heterocycles. The third kappa shape index (κ3) is 4.04. The zero-order chi connectivity index (χ0) is 30.6. The SMILES string of the molecule is N#Cc1ccc(-c2ccccc2-c2cccc(N3c4ccccc4C4C=CC=CC43)c2)c(-n2c3c(c4ccccc42)C=CCC3)c1. The number of hydrogen-bond donors (Lipinski definition) is 0. The van der Waals surface area contributed by atoms with Gasteiger partial charge in [-0.15, -0.1) is 0 Å². The van der Waals surface area contributed by atoms with Gasteiger partial charge in [-0.25, -0.2) is 0 Å². The smallest absolute Gasteiger partial charge is 0.0992 e. The molecular weight excluding hydrogens is 558 g/mol. The third-order valence-corrected chi connectivity index (χ3v) is 9.83. The Bertz CT molecular complexity index is 2310. The number of nitrogens with zero attached hydrogens (tertiary/aromatic N) is 3. The number of benzene rings is 5. The summed E-state index contributed by atoms with van der Waals surface area (Å²) in [6, 6.07) is 43.9. The Labute approximate surface area is 269 Å². The van der Waals surface area contributed by atoms with Crippen LogP contribution in [0.4, 0.5) is 11.4 Å². The van der Waals surface area contributed by atoms with Crippen LogP contribution >= 0.6 is 0 Å². The molecule has 0 radical (unpaired) electrons. The molecule has 2 atom stereocenters. The van der Waals surface area contributed by atoms with Gasteiger partial charge in [0.05, 0.1) is 28.9 Å². The second-order valence-corrected chi connectivity index (χ2v) is 12.3. The fourth-order valence-corrected chi connectivity index (χ4v) is 7.84. The lowest BCUT2D eigenvalue weighted by molar-refractivity contribution is 0.745. The van der Waals surface area contributed by atoms with Crippen molar-refractivity contribution in [3.63, 3.8) is 0 Å². The Morgan fingerprint density at radius 2 is 1.52 bits per heavy atom. The van der Waals surface area contributed by atoms with Crippen molar-refractivity contribution in [2.75, 3.05) is 4.90 Å². The first-order valence-corrected chi connectivity index (χ1v) is 16.1. The first kappa shape index (κ1) is 26.5. The van der Waals surface area contributed by atoms with Gasteiger partial charge in [-0.05, 0) is 71.5 Å². The predicted molar refractivity (Wildman–Crippen MR) is 190 cm³/mol. The molecule has 6 aromatic rings. The van der Waals surface area contributed by atoms with E-state index in [9.17, 15) is 5.26 Å². The van der Waals surface area contributed by atoms with E-state index in [4.69, 9.17) is 0 Å². The second kappa shape index (κ2) is 10.6. The van der Waals surface area contributed by atoms with E-state index in [1.165, 1.54) is 50.2 Å². The Hall–Kier alpha value is -5.85. The van der Waals surface area contributed by atoms with Crippen LogP contribution in [0.25, 0.3) is 44.9 Å². The molecule has 0 saturated heterocycles. The molecule has 0 fully saturated rings. The van der Waals surface area contributed by atoms with Crippen LogP contribution < -0.4 is 4.90 Å². The lowest BCUT2D eigenvalue weighted by Crippen LogP contribution is -2.28. The first-order valence-electron chi connectivity index (χ1n) is 16.1. The van der Waals surface area contributed by atoms with Crippen LogP contribution in [0, 0.1) is 11.3 Å². The van der Waals surface area contributed by atoms with Crippen molar-refractivity contribution in [3.8, 4) is 34.0 Å². The minimum absolute atomic E-state index is 0.250. The molecule has 3 nitrogen and oxygen atoms in total. The van der Waals surface area contributed by atoms with Gasteiger partial charge in [0.1, 0.15) is 0 Å². The van der Waals surface area contributed by atoms with Crippen LogP contribution in [-0.2, 0) is 6.42 Å². The monoisotopic (exact) mass is 589 g/mol. The van der Waals surface area contributed by atoms with E-state index in [1.54, 1.807) is 0 Å². The molecule has 2 aliphatic carbocycles. The maximum atomic E-state index is 10.0. The maximum absolute atomic E-state index is 10.0. The molecule has 2 unspecified atom stereocenters. The molecule has 9 rings (SSSR count). The highest BCUT2D eigenvalue weighted by atomic mass is 15.2. The predicted octanol–water partition coefficient (Wildman–Crippen LogP) is 10.5. The lowest BCUT2D eigenvalue weighted by atomic mass is 9.91. The summed E-state index contributed by atoms with van der Waals surface area (Å²) < 4.78 is 2.40. The molecule has 3 aliphatic rings. The van der Waals surface area contributed by atoms with Gasteiger partial charge in [-0.3, -0.25) is 0 Å². The fourth-order valence-electron chi connectivity index (χ4n) is 7.84. The molecule has 0 N–H and O–H groups in total. The van der Waals surface area contributed by atoms with Crippen molar-refractivity contribution in [2.45, 2.75) is 24.8 Å². The van der Waals surface area contributed by atoms with Crippen LogP contribution in [0.5, 0.6) is 0 Å². The van der Waals surface area contributed by atoms with Crippen LogP contribution in [0.2, 0.25) is 0 Å². The lowest BCUT2D eigenvalue weighted by Gasteiger charge is -2.29. The number of hydrogen-bond acceptors (Lipinski definition) is 2. The zero-order valence-electron chi connectivity index (χ0n) is 25.3. The Morgan fingerprint density at radius 3 is 2.46 bits per heavy atom. The third-order valence-electron chi connectivity index (χ3n) is 9.83. The van der Waals surface area contributed by atoms with Gasteiger partial charge in [-0.2, -0.15) is 5.26 Å². The summed E-state index contributed by atoms with van der Waals surface area (Å²) in [4.78, 5) is 2.49. The van der Waals surface area contributed by atoms with Gasteiger partial charge in [0.15, 0.2) is 0 Å². The molecule has 0 bridgehead atoms. The van der Waals surface area contributed by atoms with E-state index in [1.807, 2.05) is 6.07 Å². The van der Waals surface area contributed by atoms with Gasteiger partial charge in [0.2, 0.25) is 0 Å². The topological polar surface area (TPSA) is 32.0 Å².